The van der Waals surface area contributed by atoms with Crippen LogP contribution in [0.25, 0.3) is 11.0 Å². The summed E-state index contributed by atoms with van der Waals surface area (Å²) in [6, 6.07) is 0.442. The Kier molecular flexibility index (Phi) is 2.29. The third-order valence-electron chi connectivity index (χ3n) is 3.69. The van der Waals surface area contributed by atoms with Crippen LogP contribution in [0.4, 0.5) is 5.82 Å². The molecule has 2 aromatic heterocycles. The first-order valence-corrected chi connectivity index (χ1v) is 5.89. The Hall–Kier alpha value is -1.62. The third kappa shape index (κ3) is 1.50. The molecular weight excluding hydrogens is 216 g/mol. The number of aryl methyl sites for hydroxylation is 1. The highest BCUT2D eigenvalue weighted by Gasteiger charge is 2.31. The molecule has 17 heavy (non-hydrogen) atoms. The number of nitrogens with zero attached hydrogens (tertiary/aromatic N) is 3. The minimum absolute atomic E-state index is 0.284. The van der Waals surface area contributed by atoms with Gasteiger partial charge in [-0.25, -0.2) is 9.97 Å². The zero-order valence-corrected chi connectivity index (χ0v) is 9.80. The van der Waals surface area contributed by atoms with Gasteiger partial charge in [0.25, 0.3) is 0 Å². The number of hydrogen-bond acceptors (Lipinski definition) is 4. The molecule has 0 spiro atoms. The van der Waals surface area contributed by atoms with Gasteiger partial charge in [-0.15, -0.1) is 0 Å². The van der Waals surface area contributed by atoms with E-state index in [1.54, 1.807) is 0 Å². The number of anilines is 1. The Morgan fingerprint density at radius 2 is 2.24 bits per heavy atom. The predicted octanol–water partition coefficient (Wildman–Crippen LogP) is 1.27. The van der Waals surface area contributed by atoms with Gasteiger partial charge >= 0.3 is 0 Å². The lowest BCUT2D eigenvalue weighted by Crippen LogP contribution is -2.28. The summed E-state index contributed by atoms with van der Waals surface area (Å²) in [7, 11) is 0. The summed E-state index contributed by atoms with van der Waals surface area (Å²) in [5.41, 5.74) is 7.91. The summed E-state index contributed by atoms with van der Waals surface area (Å²) in [5.74, 6) is 0.987. The van der Waals surface area contributed by atoms with Crippen molar-refractivity contribution in [3.05, 3.63) is 18.1 Å². The van der Waals surface area contributed by atoms with Gasteiger partial charge in [0, 0.05) is 18.8 Å². The maximum atomic E-state index is 9.06. The standard InChI is InChI=1S/C12H16N4O/c1-7-4-16(9-2-8(3-9)5-17)12-10(7)11(13)14-6-15-12/h4,6,8-9,17H,2-3,5H2,1H3,(H2,13,14,15). The Morgan fingerprint density at radius 3 is 2.94 bits per heavy atom. The average molecular weight is 232 g/mol. The van der Waals surface area contributed by atoms with Crippen LogP contribution in [0.1, 0.15) is 24.4 Å². The topological polar surface area (TPSA) is 77.0 Å². The van der Waals surface area contributed by atoms with Crippen LogP contribution in [0, 0.1) is 12.8 Å². The number of aliphatic hydroxyl groups is 1. The van der Waals surface area contributed by atoms with E-state index >= 15 is 0 Å². The number of nitrogen functional groups attached to an aromatic ring is 1. The molecule has 90 valence electrons. The van der Waals surface area contributed by atoms with Crippen LogP contribution in [0.5, 0.6) is 0 Å². The molecule has 1 aliphatic carbocycles. The van der Waals surface area contributed by atoms with Gasteiger partial charge in [0.15, 0.2) is 0 Å². The van der Waals surface area contributed by atoms with Crippen molar-refractivity contribution in [3.8, 4) is 0 Å². The Balaban J connectivity index is 2.04. The molecule has 3 N–H and O–H groups in total. The van der Waals surface area contributed by atoms with Crippen molar-refractivity contribution in [3.63, 3.8) is 0 Å². The first kappa shape index (κ1) is 10.5. The fourth-order valence-electron chi connectivity index (χ4n) is 2.65. The molecule has 0 amide bonds. The Labute approximate surface area is 99.3 Å². The Bertz CT molecular complexity index is 557. The number of aromatic nitrogens is 3. The summed E-state index contributed by atoms with van der Waals surface area (Å²) in [6.45, 7) is 2.31. The molecule has 2 aromatic rings. The second-order valence-corrected chi connectivity index (χ2v) is 4.85. The lowest BCUT2D eigenvalue weighted by Gasteiger charge is -2.35. The van der Waals surface area contributed by atoms with Crippen molar-refractivity contribution >= 4 is 16.9 Å². The van der Waals surface area contributed by atoms with Gasteiger partial charge in [0.2, 0.25) is 0 Å². The number of nitrogens with two attached hydrogens (primary N) is 1. The molecule has 0 aromatic carbocycles. The molecule has 1 saturated carbocycles. The fourth-order valence-corrected chi connectivity index (χ4v) is 2.65. The highest BCUT2D eigenvalue weighted by Crippen LogP contribution is 2.40. The van der Waals surface area contributed by atoms with E-state index in [1.165, 1.54) is 6.33 Å². The monoisotopic (exact) mass is 232 g/mol. The van der Waals surface area contributed by atoms with Crippen LogP contribution in [0.2, 0.25) is 0 Å². The van der Waals surface area contributed by atoms with Gasteiger partial charge in [-0.05, 0) is 31.2 Å². The molecule has 1 aliphatic rings. The molecule has 2 heterocycles. The van der Waals surface area contributed by atoms with Crippen LogP contribution in [-0.2, 0) is 0 Å². The first-order valence-electron chi connectivity index (χ1n) is 5.89. The maximum Gasteiger partial charge on any atom is 0.145 e. The molecule has 0 bridgehead atoms. The summed E-state index contributed by atoms with van der Waals surface area (Å²) < 4.78 is 2.18. The van der Waals surface area contributed by atoms with Gasteiger partial charge in [-0.2, -0.15) is 0 Å². The van der Waals surface area contributed by atoms with Gasteiger partial charge in [0.1, 0.15) is 17.8 Å². The fraction of sp³-hybridized carbons (Fsp3) is 0.500. The van der Waals surface area contributed by atoms with Crippen molar-refractivity contribution in [2.75, 3.05) is 12.3 Å². The van der Waals surface area contributed by atoms with Gasteiger partial charge in [-0.3, -0.25) is 0 Å². The van der Waals surface area contributed by atoms with Gasteiger partial charge in [-0.1, -0.05) is 0 Å². The van der Waals surface area contributed by atoms with E-state index in [-0.39, 0.29) is 6.61 Å². The lowest BCUT2D eigenvalue weighted by molar-refractivity contribution is 0.114. The van der Waals surface area contributed by atoms with Crippen LogP contribution < -0.4 is 5.73 Å². The molecule has 0 aliphatic heterocycles. The number of fused-ring (bicyclic) bond motifs is 1. The van der Waals surface area contributed by atoms with Crippen LogP contribution in [-0.4, -0.2) is 26.2 Å². The Morgan fingerprint density at radius 1 is 1.47 bits per heavy atom. The van der Waals surface area contributed by atoms with Crippen LogP contribution >= 0.6 is 0 Å². The quantitative estimate of drug-likeness (QED) is 0.817. The maximum absolute atomic E-state index is 9.06. The van der Waals surface area contributed by atoms with E-state index in [2.05, 4.69) is 20.7 Å². The van der Waals surface area contributed by atoms with E-state index in [0.717, 1.165) is 29.4 Å². The summed E-state index contributed by atoms with van der Waals surface area (Å²) in [5, 5.41) is 10.0. The molecule has 0 atom stereocenters. The van der Waals surface area contributed by atoms with E-state index in [4.69, 9.17) is 10.8 Å². The predicted molar refractivity (Wildman–Crippen MR) is 65.5 cm³/mol. The number of hydrogen-bond donors (Lipinski definition) is 2. The molecule has 1 fully saturated rings. The average Bonchev–Trinajstić information content (AvgIpc) is 2.56. The van der Waals surface area contributed by atoms with E-state index < -0.39 is 0 Å². The second-order valence-electron chi connectivity index (χ2n) is 4.85. The van der Waals surface area contributed by atoms with E-state index in [1.807, 2.05) is 6.92 Å². The van der Waals surface area contributed by atoms with Crippen LogP contribution in [0.3, 0.4) is 0 Å². The van der Waals surface area contributed by atoms with Crippen molar-refractivity contribution in [1.82, 2.24) is 14.5 Å². The van der Waals surface area contributed by atoms with E-state index in [0.29, 0.717) is 17.8 Å². The van der Waals surface area contributed by atoms with Crippen molar-refractivity contribution < 1.29 is 5.11 Å². The highest BCUT2D eigenvalue weighted by atomic mass is 16.3. The van der Waals surface area contributed by atoms with E-state index in [9.17, 15) is 0 Å². The van der Waals surface area contributed by atoms with Gasteiger partial charge < -0.3 is 15.4 Å². The second kappa shape index (κ2) is 3.70. The highest BCUT2D eigenvalue weighted by molar-refractivity contribution is 5.89. The molecule has 0 radical (unpaired) electrons. The summed E-state index contributed by atoms with van der Waals surface area (Å²) in [6.07, 6.45) is 5.64. The third-order valence-corrected chi connectivity index (χ3v) is 3.69. The van der Waals surface area contributed by atoms with Crippen molar-refractivity contribution in [2.24, 2.45) is 5.92 Å². The largest absolute Gasteiger partial charge is 0.396 e. The van der Waals surface area contributed by atoms with Crippen LogP contribution in [0.15, 0.2) is 12.5 Å². The smallest absolute Gasteiger partial charge is 0.145 e. The summed E-state index contributed by atoms with van der Waals surface area (Å²) >= 11 is 0. The zero-order chi connectivity index (χ0) is 12.0. The SMILES string of the molecule is Cc1cn(C2CC(CO)C2)c2ncnc(N)c12. The lowest BCUT2D eigenvalue weighted by atomic mass is 9.81. The van der Waals surface area contributed by atoms with Crippen molar-refractivity contribution in [1.29, 1.82) is 0 Å². The molecule has 0 saturated heterocycles. The number of aliphatic hydroxyl groups excluding tert-OH is 1. The first-order chi connectivity index (χ1) is 8.20. The molecular formula is C12H16N4O. The molecule has 0 unspecified atom stereocenters. The summed E-state index contributed by atoms with van der Waals surface area (Å²) in [4.78, 5) is 8.36. The van der Waals surface area contributed by atoms with Gasteiger partial charge in [0.05, 0.1) is 5.39 Å². The minimum atomic E-state index is 0.284. The molecule has 5 nitrogen and oxygen atoms in total. The normalized spacial score (nSPS) is 23.9. The zero-order valence-electron chi connectivity index (χ0n) is 9.80. The minimum Gasteiger partial charge on any atom is -0.396 e. The number of rotatable bonds is 2. The molecule has 3 rings (SSSR count). The van der Waals surface area contributed by atoms with Crippen molar-refractivity contribution in [2.45, 2.75) is 25.8 Å². The molecule has 5 heteroatoms.